The van der Waals surface area contributed by atoms with Gasteiger partial charge in [-0.3, -0.25) is 9.10 Å². The van der Waals surface area contributed by atoms with Crippen molar-refractivity contribution in [3.8, 4) is 0 Å². The van der Waals surface area contributed by atoms with Crippen molar-refractivity contribution in [2.45, 2.75) is 25.4 Å². The smallest absolute Gasteiger partial charge is 0.244 e. The van der Waals surface area contributed by atoms with Crippen molar-refractivity contribution in [3.63, 3.8) is 0 Å². The first-order valence-electron chi connectivity index (χ1n) is 9.96. The maximum absolute atomic E-state index is 13.4. The van der Waals surface area contributed by atoms with Crippen LogP contribution in [-0.4, -0.2) is 26.6 Å². The summed E-state index contributed by atoms with van der Waals surface area (Å²) < 4.78 is 26.5. The lowest BCUT2D eigenvalue weighted by molar-refractivity contribution is -0.122. The van der Waals surface area contributed by atoms with E-state index in [1.54, 1.807) is 31.2 Å². The van der Waals surface area contributed by atoms with E-state index in [0.717, 1.165) is 21.7 Å². The minimum Gasteiger partial charge on any atom is -0.343 e. The zero-order chi connectivity index (χ0) is 22.4. The third kappa shape index (κ3) is 5.66. The molecular weight excluding hydrogens is 432 g/mol. The molecule has 31 heavy (non-hydrogen) atoms. The predicted octanol–water partition coefficient (Wildman–Crippen LogP) is 4.79. The molecule has 0 aliphatic heterocycles. The molecule has 0 radical (unpaired) electrons. The zero-order valence-corrected chi connectivity index (χ0v) is 19.0. The minimum atomic E-state index is -3.72. The van der Waals surface area contributed by atoms with Crippen molar-refractivity contribution in [1.29, 1.82) is 0 Å². The Kier molecular flexibility index (Phi) is 7.36. The highest BCUT2D eigenvalue weighted by molar-refractivity contribution is 7.92. The van der Waals surface area contributed by atoms with Gasteiger partial charge in [0.15, 0.2) is 0 Å². The monoisotopic (exact) mass is 456 g/mol. The summed E-state index contributed by atoms with van der Waals surface area (Å²) in [6.07, 6.45) is 1.40. The molecule has 0 spiro atoms. The predicted molar refractivity (Wildman–Crippen MR) is 126 cm³/mol. The number of benzene rings is 3. The molecule has 0 fully saturated rings. The first kappa shape index (κ1) is 22.8. The zero-order valence-electron chi connectivity index (χ0n) is 17.4. The molecule has 7 heteroatoms. The number of anilines is 1. The number of halogens is 1. The molecule has 1 unspecified atom stereocenters. The molecule has 162 valence electrons. The third-order valence-electron chi connectivity index (χ3n) is 4.96. The van der Waals surface area contributed by atoms with Gasteiger partial charge in [0.05, 0.1) is 18.0 Å². The Morgan fingerprint density at radius 3 is 1.81 bits per heavy atom. The topological polar surface area (TPSA) is 66.5 Å². The fraction of sp³-hybridized carbons (Fsp3) is 0.208. The van der Waals surface area contributed by atoms with E-state index < -0.39 is 22.1 Å². The second-order valence-electron chi connectivity index (χ2n) is 7.22. The average molecular weight is 457 g/mol. The van der Waals surface area contributed by atoms with Crippen LogP contribution < -0.4 is 9.62 Å². The summed E-state index contributed by atoms with van der Waals surface area (Å²) in [5, 5.41) is 3.55. The molecule has 1 atom stereocenters. The van der Waals surface area contributed by atoms with Crippen LogP contribution in [0.2, 0.25) is 5.02 Å². The van der Waals surface area contributed by atoms with Crippen LogP contribution in [0, 0.1) is 0 Å². The van der Waals surface area contributed by atoms with Crippen molar-refractivity contribution in [2.75, 3.05) is 10.6 Å². The highest BCUT2D eigenvalue weighted by Gasteiger charge is 2.33. The number of hydrogen-bond donors (Lipinski definition) is 1. The molecule has 3 aromatic rings. The molecule has 0 aliphatic carbocycles. The first-order chi connectivity index (χ1) is 14.8. The molecule has 0 aliphatic rings. The largest absolute Gasteiger partial charge is 0.343 e. The molecule has 0 saturated heterocycles. The Morgan fingerprint density at radius 2 is 1.39 bits per heavy atom. The van der Waals surface area contributed by atoms with E-state index in [1.165, 1.54) is 0 Å². The van der Waals surface area contributed by atoms with Gasteiger partial charge in [-0.25, -0.2) is 8.42 Å². The van der Waals surface area contributed by atoms with Gasteiger partial charge in [-0.1, -0.05) is 79.2 Å². The number of nitrogens with one attached hydrogen (secondary N) is 1. The van der Waals surface area contributed by atoms with Crippen LogP contribution in [0.15, 0.2) is 84.9 Å². The highest BCUT2D eigenvalue weighted by Crippen LogP contribution is 2.26. The molecule has 0 saturated carbocycles. The van der Waals surface area contributed by atoms with E-state index in [1.807, 2.05) is 60.7 Å². The highest BCUT2D eigenvalue weighted by atomic mass is 35.5. The number of carbonyl (C=O) groups is 1. The number of rotatable bonds is 8. The van der Waals surface area contributed by atoms with Crippen LogP contribution in [0.1, 0.15) is 30.5 Å². The van der Waals surface area contributed by atoms with Crippen molar-refractivity contribution >= 4 is 33.2 Å². The Bertz CT molecular complexity index is 1070. The number of nitrogens with zero attached hydrogens (tertiary/aromatic N) is 1. The SMILES string of the molecule is CCC(C(=O)NC(c1ccccc1)c1ccccc1)N(c1ccc(Cl)cc1)S(C)(=O)=O. The van der Waals surface area contributed by atoms with Gasteiger partial charge in [-0.2, -0.15) is 0 Å². The van der Waals surface area contributed by atoms with Crippen LogP contribution in [0.4, 0.5) is 5.69 Å². The van der Waals surface area contributed by atoms with Crippen LogP contribution in [-0.2, 0) is 14.8 Å². The normalized spacial score (nSPS) is 12.4. The van der Waals surface area contributed by atoms with E-state index in [-0.39, 0.29) is 5.91 Å². The van der Waals surface area contributed by atoms with Crippen LogP contribution in [0.3, 0.4) is 0 Å². The van der Waals surface area contributed by atoms with Crippen LogP contribution >= 0.6 is 11.6 Å². The standard InChI is InChI=1S/C24H25ClN2O3S/c1-3-22(27(31(2,29)30)21-16-14-20(25)15-17-21)24(28)26-23(18-10-6-4-7-11-18)19-12-8-5-9-13-19/h4-17,22-23H,3H2,1-2H3,(H,26,28). The maximum atomic E-state index is 13.4. The summed E-state index contributed by atoms with van der Waals surface area (Å²) in [6, 6.07) is 24.3. The summed E-state index contributed by atoms with van der Waals surface area (Å²) in [5.74, 6) is -0.374. The molecule has 0 aromatic heterocycles. The summed E-state index contributed by atoms with van der Waals surface area (Å²) >= 11 is 5.96. The van der Waals surface area contributed by atoms with Gasteiger partial charge in [-0.05, 0) is 41.8 Å². The summed E-state index contributed by atoms with van der Waals surface area (Å²) in [5.41, 5.74) is 2.22. The van der Waals surface area contributed by atoms with Gasteiger partial charge < -0.3 is 5.32 Å². The fourth-order valence-corrected chi connectivity index (χ4v) is 4.87. The van der Waals surface area contributed by atoms with Crippen molar-refractivity contribution in [2.24, 2.45) is 0 Å². The lowest BCUT2D eigenvalue weighted by atomic mass is 9.98. The Balaban J connectivity index is 1.97. The van der Waals surface area contributed by atoms with Crippen molar-refractivity contribution in [3.05, 3.63) is 101 Å². The van der Waals surface area contributed by atoms with Gasteiger partial charge >= 0.3 is 0 Å². The lowest BCUT2D eigenvalue weighted by Gasteiger charge is -2.31. The Hall–Kier alpha value is -2.83. The molecule has 1 N–H and O–H groups in total. The van der Waals surface area contributed by atoms with E-state index in [2.05, 4.69) is 5.32 Å². The molecule has 3 rings (SSSR count). The van der Waals surface area contributed by atoms with Gasteiger partial charge in [0.2, 0.25) is 15.9 Å². The van der Waals surface area contributed by atoms with Gasteiger partial charge in [-0.15, -0.1) is 0 Å². The lowest BCUT2D eigenvalue weighted by Crippen LogP contribution is -2.50. The minimum absolute atomic E-state index is 0.303. The quantitative estimate of drug-likeness (QED) is 0.530. The van der Waals surface area contributed by atoms with E-state index in [4.69, 9.17) is 11.6 Å². The number of sulfonamides is 1. The molecule has 0 heterocycles. The van der Waals surface area contributed by atoms with Crippen LogP contribution in [0.25, 0.3) is 0 Å². The summed E-state index contributed by atoms with van der Waals surface area (Å²) in [6.45, 7) is 1.79. The van der Waals surface area contributed by atoms with Crippen molar-refractivity contribution < 1.29 is 13.2 Å². The Morgan fingerprint density at radius 1 is 0.903 bits per heavy atom. The molecular formula is C24H25ClN2O3S. The van der Waals surface area contributed by atoms with E-state index >= 15 is 0 Å². The fourth-order valence-electron chi connectivity index (χ4n) is 3.54. The van der Waals surface area contributed by atoms with E-state index in [9.17, 15) is 13.2 Å². The molecule has 1 amide bonds. The molecule has 5 nitrogen and oxygen atoms in total. The summed E-state index contributed by atoms with van der Waals surface area (Å²) in [4.78, 5) is 13.4. The Labute approximate surface area is 188 Å². The maximum Gasteiger partial charge on any atom is 0.244 e. The second kappa shape index (κ2) is 9.98. The van der Waals surface area contributed by atoms with Gasteiger partial charge in [0.25, 0.3) is 0 Å². The second-order valence-corrected chi connectivity index (χ2v) is 9.52. The first-order valence-corrected chi connectivity index (χ1v) is 12.2. The number of amides is 1. The third-order valence-corrected chi connectivity index (χ3v) is 6.40. The number of carbonyl (C=O) groups excluding carboxylic acids is 1. The molecule has 0 bridgehead atoms. The van der Waals surface area contributed by atoms with Crippen LogP contribution in [0.5, 0.6) is 0 Å². The van der Waals surface area contributed by atoms with E-state index in [0.29, 0.717) is 17.1 Å². The van der Waals surface area contributed by atoms with Gasteiger partial charge in [0.1, 0.15) is 6.04 Å². The number of hydrogen-bond acceptors (Lipinski definition) is 3. The summed E-state index contributed by atoms with van der Waals surface area (Å²) in [7, 11) is -3.72. The molecule has 3 aromatic carbocycles. The average Bonchev–Trinajstić information content (AvgIpc) is 2.77. The van der Waals surface area contributed by atoms with Crippen molar-refractivity contribution in [1.82, 2.24) is 5.32 Å². The van der Waals surface area contributed by atoms with Gasteiger partial charge in [0, 0.05) is 5.02 Å².